The van der Waals surface area contributed by atoms with Crippen molar-refractivity contribution < 1.29 is 8.42 Å². The Morgan fingerprint density at radius 1 is 1.61 bits per heavy atom. The Kier molecular flexibility index (Phi) is 3.74. The number of aryl methyl sites for hydroxylation is 1. The highest BCUT2D eigenvalue weighted by Gasteiger charge is 2.29. The monoisotopic (exact) mass is 272 g/mol. The van der Waals surface area contributed by atoms with Crippen LogP contribution in [0.5, 0.6) is 0 Å². The number of sulfonamides is 1. The molecule has 1 fully saturated rings. The first-order valence-electron chi connectivity index (χ1n) is 6.10. The van der Waals surface area contributed by atoms with E-state index in [0.717, 1.165) is 25.9 Å². The van der Waals surface area contributed by atoms with Crippen molar-refractivity contribution in [2.24, 2.45) is 12.5 Å². The zero-order valence-corrected chi connectivity index (χ0v) is 11.6. The molecule has 1 aromatic heterocycles. The van der Waals surface area contributed by atoms with E-state index >= 15 is 0 Å². The molecule has 1 saturated heterocycles. The van der Waals surface area contributed by atoms with Crippen LogP contribution in [-0.2, 0) is 17.1 Å². The first-order valence-corrected chi connectivity index (χ1v) is 7.58. The molecule has 2 rings (SSSR count). The van der Waals surface area contributed by atoms with Gasteiger partial charge in [-0.05, 0) is 24.8 Å². The molecule has 2 N–H and O–H groups in total. The Morgan fingerprint density at radius 3 is 2.94 bits per heavy atom. The van der Waals surface area contributed by atoms with Crippen LogP contribution in [-0.4, -0.2) is 37.6 Å². The van der Waals surface area contributed by atoms with Gasteiger partial charge in [-0.15, -0.1) is 0 Å². The summed E-state index contributed by atoms with van der Waals surface area (Å²) in [7, 11) is -1.74. The van der Waals surface area contributed by atoms with E-state index in [4.69, 9.17) is 0 Å². The molecule has 0 aliphatic carbocycles. The van der Waals surface area contributed by atoms with Crippen LogP contribution in [0.3, 0.4) is 0 Å². The molecule has 6 nitrogen and oxygen atoms in total. The van der Waals surface area contributed by atoms with Crippen LogP contribution in [0.4, 0.5) is 0 Å². The summed E-state index contributed by atoms with van der Waals surface area (Å²) in [5.74, 6) is 0. The number of nitrogens with zero attached hydrogens (tertiary/aromatic N) is 2. The van der Waals surface area contributed by atoms with Crippen molar-refractivity contribution in [3.63, 3.8) is 0 Å². The highest BCUT2D eigenvalue weighted by molar-refractivity contribution is 7.89. The van der Waals surface area contributed by atoms with Gasteiger partial charge in [0.15, 0.2) is 5.03 Å². The number of nitrogens with one attached hydrogen (secondary N) is 2. The molecular formula is C11H20N4O2S. The lowest BCUT2D eigenvalue weighted by Crippen LogP contribution is -2.45. The summed E-state index contributed by atoms with van der Waals surface area (Å²) in [6.07, 6.45) is 5.11. The molecule has 0 aromatic carbocycles. The molecule has 2 heterocycles. The zero-order valence-electron chi connectivity index (χ0n) is 10.8. The van der Waals surface area contributed by atoms with Gasteiger partial charge in [0, 0.05) is 26.3 Å². The summed E-state index contributed by atoms with van der Waals surface area (Å²) in [5.41, 5.74) is -0.0138. The van der Waals surface area contributed by atoms with E-state index in [2.05, 4.69) is 21.9 Å². The summed E-state index contributed by atoms with van der Waals surface area (Å²) in [6.45, 7) is 4.40. The van der Waals surface area contributed by atoms with Gasteiger partial charge in [0.05, 0.1) is 6.33 Å². The third-order valence-electron chi connectivity index (χ3n) is 3.33. The molecule has 0 bridgehead atoms. The molecule has 0 saturated carbocycles. The van der Waals surface area contributed by atoms with Crippen LogP contribution in [0.15, 0.2) is 17.6 Å². The molecule has 1 aliphatic rings. The standard InChI is InChI=1S/C11H20N4O2S/c1-11(4-3-5-12-7-11)8-14-18(16,17)10-6-15(2)9-13-10/h6,9,12,14H,3-5,7-8H2,1-2H3. The van der Waals surface area contributed by atoms with Crippen LogP contribution < -0.4 is 10.0 Å². The SMILES string of the molecule is Cn1cnc(S(=O)(=O)NCC2(C)CCCNC2)c1. The van der Waals surface area contributed by atoms with Crippen LogP contribution in [0.2, 0.25) is 0 Å². The van der Waals surface area contributed by atoms with Crippen molar-refractivity contribution in [3.05, 3.63) is 12.5 Å². The number of piperidine rings is 1. The van der Waals surface area contributed by atoms with Gasteiger partial charge in [0.25, 0.3) is 10.0 Å². The maximum atomic E-state index is 12.0. The second-order valence-corrected chi connectivity index (χ2v) is 7.01. The van der Waals surface area contributed by atoms with E-state index in [9.17, 15) is 8.42 Å². The highest BCUT2D eigenvalue weighted by Crippen LogP contribution is 2.24. The predicted molar refractivity (Wildman–Crippen MR) is 68.6 cm³/mol. The molecule has 1 aliphatic heterocycles. The third-order valence-corrected chi connectivity index (χ3v) is 4.62. The number of aromatic nitrogens is 2. The fourth-order valence-corrected chi connectivity index (χ4v) is 3.32. The summed E-state index contributed by atoms with van der Waals surface area (Å²) in [5, 5.41) is 3.38. The second kappa shape index (κ2) is 4.99. The van der Waals surface area contributed by atoms with Crippen LogP contribution in [0, 0.1) is 5.41 Å². The summed E-state index contributed by atoms with van der Waals surface area (Å²) < 4.78 is 28.3. The minimum Gasteiger partial charge on any atom is -0.339 e. The van der Waals surface area contributed by atoms with Gasteiger partial charge in [-0.2, -0.15) is 0 Å². The molecule has 7 heteroatoms. The van der Waals surface area contributed by atoms with E-state index < -0.39 is 10.0 Å². The summed E-state index contributed by atoms with van der Waals surface area (Å²) >= 11 is 0. The van der Waals surface area contributed by atoms with Crippen molar-refractivity contribution in [2.45, 2.75) is 24.8 Å². The predicted octanol–water partition coefficient (Wildman–Crippen LogP) is 0.0881. The minimum absolute atomic E-state index is 0.0138. The molecule has 0 radical (unpaired) electrons. The maximum Gasteiger partial charge on any atom is 0.259 e. The van der Waals surface area contributed by atoms with E-state index in [0.29, 0.717) is 6.54 Å². The largest absolute Gasteiger partial charge is 0.339 e. The van der Waals surface area contributed by atoms with Crippen molar-refractivity contribution in [3.8, 4) is 0 Å². The summed E-state index contributed by atoms with van der Waals surface area (Å²) in [4.78, 5) is 3.87. The topological polar surface area (TPSA) is 76.0 Å². The number of rotatable bonds is 4. The van der Waals surface area contributed by atoms with Crippen LogP contribution in [0.1, 0.15) is 19.8 Å². The summed E-state index contributed by atoms with van der Waals surface area (Å²) in [6, 6.07) is 0. The number of imidazole rings is 1. The Labute approximate surface area is 108 Å². The van der Waals surface area contributed by atoms with Gasteiger partial charge in [0.2, 0.25) is 0 Å². The normalized spacial score (nSPS) is 25.2. The molecule has 0 spiro atoms. The van der Waals surface area contributed by atoms with Crippen molar-refractivity contribution in [2.75, 3.05) is 19.6 Å². The average Bonchev–Trinajstić information content (AvgIpc) is 2.76. The fourth-order valence-electron chi connectivity index (χ4n) is 2.14. The molecule has 102 valence electrons. The Hall–Kier alpha value is -0.920. The number of hydrogen-bond donors (Lipinski definition) is 2. The molecule has 0 amide bonds. The van der Waals surface area contributed by atoms with E-state index in [1.165, 1.54) is 12.5 Å². The molecule has 18 heavy (non-hydrogen) atoms. The average molecular weight is 272 g/mol. The zero-order chi connectivity index (χ0) is 13.2. The lowest BCUT2D eigenvalue weighted by Gasteiger charge is -2.34. The van der Waals surface area contributed by atoms with E-state index in [1.54, 1.807) is 11.6 Å². The van der Waals surface area contributed by atoms with Gasteiger partial charge < -0.3 is 9.88 Å². The Morgan fingerprint density at radius 2 is 2.39 bits per heavy atom. The molecule has 1 atom stereocenters. The number of hydrogen-bond acceptors (Lipinski definition) is 4. The van der Waals surface area contributed by atoms with Crippen LogP contribution in [0.25, 0.3) is 0 Å². The highest BCUT2D eigenvalue weighted by atomic mass is 32.2. The lowest BCUT2D eigenvalue weighted by molar-refractivity contribution is 0.238. The van der Waals surface area contributed by atoms with Gasteiger partial charge in [-0.3, -0.25) is 0 Å². The van der Waals surface area contributed by atoms with Gasteiger partial charge in [0.1, 0.15) is 0 Å². The van der Waals surface area contributed by atoms with E-state index in [1.807, 2.05) is 0 Å². The fraction of sp³-hybridized carbons (Fsp3) is 0.727. The second-order valence-electron chi connectivity index (χ2n) is 5.29. The third kappa shape index (κ3) is 3.09. The van der Waals surface area contributed by atoms with E-state index in [-0.39, 0.29) is 10.4 Å². The van der Waals surface area contributed by atoms with Gasteiger partial charge in [-0.25, -0.2) is 18.1 Å². The van der Waals surface area contributed by atoms with Crippen molar-refractivity contribution in [1.82, 2.24) is 19.6 Å². The Balaban J connectivity index is 2.01. The first kappa shape index (κ1) is 13.5. The minimum atomic E-state index is -3.49. The smallest absolute Gasteiger partial charge is 0.259 e. The van der Waals surface area contributed by atoms with Crippen LogP contribution >= 0.6 is 0 Å². The van der Waals surface area contributed by atoms with Gasteiger partial charge in [-0.1, -0.05) is 6.92 Å². The van der Waals surface area contributed by atoms with Crippen molar-refractivity contribution >= 4 is 10.0 Å². The van der Waals surface area contributed by atoms with Crippen molar-refractivity contribution in [1.29, 1.82) is 0 Å². The molecule has 1 aromatic rings. The lowest BCUT2D eigenvalue weighted by atomic mass is 9.83. The molecular weight excluding hydrogens is 252 g/mol. The first-order chi connectivity index (χ1) is 8.41. The Bertz CT molecular complexity index is 503. The van der Waals surface area contributed by atoms with Gasteiger partial charge >= 0.3 is 0 Å². The molecule has 1 unspecified atom stereocenters. The maximum absolute atomic E-state index is 12.0. The quantitative estimate of drug-likeness (QED) is 0.814.